The normalized spacial score (nSPS) is 15.4. The molecule has 0 spiro atoms. The van der Waals surface area contributed by atoms with Crippen molar-refractivity contribution >= 4 is 0 Å². The molecule has 15 heavy (non-hydrogen) atoms. The fourth-order valence-corrected chi connectivity index (χ4v) is 1.25. The van der Waals surface area contributed by atoms with Crippen LogP contribution in [-0.2, 0) is 11.3 Å². The highest BCUT2D eigenvalue weighted by atomic mass is 16.5. The fraction of sp³-hybridized carbons (Fsp3) is 0.385. The number of hydrogen-bond acceptors (Lipinski definition) is 2. The van der Waals surface area contributed by atoms with Gasteiger partial charge >= 0.3 is 0 Å². The third kappa shape index (κ3) is 4.28. The lowest BCUT2D eigenvalue weighted by atomic mass is 10.2. The molecule has 0 aliphatic rings. The Labute approximate surface area is 91.2 Å². The second-order valence-corrected chi connectivity index (χ2v) is 3.52. The van der Waals surface area contributed by atoms with E-state index >= 15 is 0 Å². The van der Waals surface area contributed by atoms with Gasteiger partial charge in [0.15, 0.2) is 0 Å². The number of hydrogen-bond donors (Lipinski definition) is 1. The maximum atomic E-state index is 9.58. The van der Waals surface area contributed by atoms with Crippen LogP contribution in [0.5, 0.6) is 0 Å². The Hall–Kier alpha value is -1.12. The number of aliphatic hydroxyl groups excluding tert-OH is 1. The first-order valence-electron chi connectivity index (χ1n) is 5.20. The summed E-state index contributed by atoms with van der Waals surface area (Å²) >= 11 is 0. The zero-order valence-electron chi connectivity index (χ0n) is 9.26. The number of ether oxygens (including phenoxy) is 1. The highest BCUT2D eigenvalue weighted by Crippen LogP contribution is 2.06. The third-order valence-corrected chi connectivity index (χ3v) is 2.23. The quantitative estimate of drug-likeness (QED) is 0.750. The first-order valence-corrected chi connectivity index (χ1v) is 5.20. The summed E-state index contributed by atoms with van der Waals surface area (Å²) in [5.41, 5.74) is 1.12. The molecule has 1 rings (SSSR count). The van der Waals surface area contributed by atoms with Gasteiger partial charge in [-0.3, -0.25) is 0 Å². The molecular formula is C13H18O2. The molecule has 0 radical (unpaired) electrons. The van der Waals surface area contributed by atoms with Crippen LogP contribution in [0.3, 0.4) is 0 Å². The first-order chi connectivity index (χ1) is 7.24. The van der Waals surface area contributed by atoms with Crippen LogP contribution >= 0.6 is 0 Å². The van der Waals surface area contributed by atoms with Crippen molar-refractivity contribution in [2.45, 2.75) is 32.7 Å². The zero-order valence-corrected chi connectivity index (χ0v) is 9.26. The van der Waals surface area contributed by atoms with Crippen LogP contribution in [-0.4, -0.2) is 17.3 Å². The van der Waals surface area contributed by atoms with Gasteiger partial charge in [-0.25, -0.2) is 0 Å². The van der Waals surface area contributed by atoms with E-state index in [0.29, 0.717) is 6.61 Å². The van der Waals surface area contributed by atoms with Crippen molar-refractivity contribution in [3.8, 4) is 0 Å². The van der Waals surface area contributed by atoms with Gasteiger partial charge in [0.05, 0.1) is 18.8 Å². The van der Waals surface area contributed by atoms with Gasteiger partial charge in [0.2, 0.25) is 0 Å². The smallest absolute Gasteiger partial charge is 0.0979 e. The molecule has 82 valence electrons. The van der Waals surface area contributed by atoms with Crippen LogP contribution in [0.15, 0.2) is 42.5 Å². The molecular weight excluding hydrogens is 188 g/mol. The molecule has 0 aliphatic carbocycles. The van der Waals surface area contributed by atoms with E-state index in [-0.39, 0.29) is 6.10 Å². The van der Waals surface area contributed by atoms with E-state index in [1.807, 2.05) is 50.3 Å². The van der Waals surface area contributed by atoms with Crippen molar-refractivity contribution in [3.05, 3.63) is 48.0 Å². The van der Waals surface area contributed by atoms with Crippen molar-refractivity contribution in [1.29, 1.82) is 0 Å². The lowest BCUT2D eigenvalue weighted by Gasteiger charge is -2.16. The molecule has 1 aromatic rings. The summed E-state index contributed by atoms with van der Waals surface area (Å²) in [5, 5.41) is 9.58. The average molecular weight is 206 g/mol. The van der Waals surface area contributed by atoms with Gasteiger partial charge in [0, 0.05) is 0 Å². The van der Waals surface area contributed by atoms with Crippen molar-refractivity contribution in [2.75, 3.05) is 0 Å². The van der Waals surface area contributed by atoms with Gasteiger partial charge in [-0.1, -0.05) is 42.5 Å². The molecule has 0 bridgehead atoms. The predicted octanol–water partition coefficient (Wildman–Crippen LogP) is 2.53. The van der Waals surface area contributed by atoms with Crippen LogP contribution in [0.25, 0.3) is 0 Å². The van der Waals surface area contributed by atoms with E-state index in [1.54, 1.807) is 6.08 Å². The van der Waals surface area contributed by atoms with Crippen molar-refractivity contribution in [1.82, 2.24) is 0 Å². The van der Waals surface area contributed by atoms with Gasteiger partial charge in [-0.05, 0) is 19.4 Å². The van der Waals surface area contributed by atoms with E-state index in [4.69, 9.17) is 4.74 Å². The molecule has 0 saturated carbocycles. The molecule has 2 heteroatoms. The average Bonchev–Trinajstić information content (AvgIpc) is 2.27. The summed E-state index contributed by atoms with van der Waals surface area (Å²) in [5.74, 6) is 0. The number of allylic oxidation sites excluding steroid dienone is 1. The maximum absolute atomic E-state index is 9.58. The monoisotopic (exact) mass is 206 g/mol. The Kier molecular flexibility index (Phi) is 5.08. The van der Waals surface area contributed by atoms with Gasteiger partial charge in [-0.2, -0.15) is 0 Å². The zero-order chi connectivity index (χ0) is 11.1. The van der Waals surface area contributed by atoms with E-state index in [9.17, 15) is 5.11 Å². The number of aliphatic hydroxyl groups is 1. The number of benzene rings is 1. The van der Waals surface area contributed by atoms with Crippen molar-refractivity contribution in [3.63, 3.8) is 0 Å². The first kappa shape index (κ1) is 12.0. The Bertz CT molecular complexity index is 293. The molecule has 0 aromatic heterocycles. The molecule has 0 aliphatic heterocycles. The van der Waals surface area contributed by atoms with Crippen LogP contribution in [0.1, 0.15) is 19.4 Å². The van der Waals surface area contributed by atoms with Crippen LogP contribution in [0.2, 0.25) is 0 Å². The largest absolute Gasteiger partial charge is 0.386 e. The summed E-state index contributed by atoms with van der Waals surface area (Å²) < 4.78 is 5.54. The molecule has 2 nitrogen and oxygen atoms in total. The standard InChI is InChI=1S/C13H18O2/c1-3-7-13(14)11(2)15-10-12-8-5-4-6-9-12/h3-9,11,13-14H,10H2,1-2H3/b7-3+/t11-,13?/m0/s1. The summed E-state index contributed by atoms with van der Waals surface area (Å²) in [4.78, 5) is 0. The summed E-state index contributed by atoms with van der Waals surface area (Å²) in [6, 6.07) is 9.95. The molecule has 0 saturated heterocycles. The Morgan fingerprint density at radius 1 is 1.33 bits per heavy atom. The van der Waals surface area contributed by atoms with Crippen LogP contribution in [0.4, 0.5) is 0 Å². The molecule has 0 fully saturated rings. The van der Waals surface area contributed by atoms with Gasteiger partial charge in [0.1, 0.15) is 0 Å². The minimum absolute atomic E-state index is 0.179. The Morgan fingerprint density at radius 3 is 2.60 bits per heavy atom. The van der Waals surface area contributed by atoms with Crippen molar-refractivity contribution in [2.24, 2.45) is 0 Å². The van der Waals surface area contributed by atoms with E-state index in [1.165, 1.54) is 0 Å². The SMILES string of the molecule is C/C=C/C(O)[C@H](C)OCc1ccccc1. The second kappa shape index (κ2) is 6.38. The maximum Gasteiger partial charge on any atom is 0.0979 e. The topological polar surface area (TPSA) is 29.5 Å². The third-order valence-electron chi connectivity index (χ3n) is 2.23. The highest BCUT2D eigenvalue weighted by molar-refractivity contribution is 5.13. The predicted molar refractivity (Wildman–Crippen MR) is 61.5 cm³/mol. The Morgan fingerprint density at radius 2 is 2.00 bits per heavy atom. The minimum atomic E-state index is -0.529. The minimum Gasteiger partial charge on any atom is -0.386 e. The lowest BCUT2D eigenvalue weighted by molar-refractivity contribution is -0.0153. The Balaban J connectivity index is 2.37. The molecule has 2 atom stereocenters. The van der Waals surface area contributed by atoms with Crippen LogP contribution in [0, 0.1) is 0 Å². The molecule has 0 heterocycles. The van der Waals surface area contributed by atoms with Gasteiger partial charge in [0.25, 0.3) is 0 Å². The second-order valence-electron chi connectivity index (χ2n) is 3.52. The summed E-state index contributed by atoms with van der Waals surface area (Å²) in [6.07, 6.45) is 2.85. The molecule has 1 aromatic carbocycles. The van der Waals surface area contributed by atoms with E-state index in [2.05, 4.69) is 0 Å². The van der Waals surface area contributed by atoms with Gasteiger partial charge in [-0.15, -0.1) is 0 Å². The van der Waals surface area contributed by atoms with Crippen LogP contribution < -0.4 is 0 Å². The van der Waals surface area contributed by atoms with E-state index in [0.717, 1.165) is 5.56 Å². The number of rotatable bonds is 5. The highest BCUT2D eigenvalue weighted by Gasteiger charge is 2.10. The van der Waals surface area contributed by atoms with E-state index < -0.39 is 6.10 Å². The van der Waals surface area contributed by atoms with Crippen molar-refractivity contribution < 1.29 is 9.84 Å². The summed E-state index contributed by atoms with van der Waals surface area (Å²) in [7, 11) is 0. The fourth-order valence-electron chi connectivity index (χ4n) is 1.25. The molecule has 0 amide bonds. The lowest BCUT2D eigenvalue weighted by Crippen LogP contribution is -2.23. The molecule has 1 N–H and O–H groups in total. The molecule has 1 unspecified atom stereocenters. The summed E-state index contributed by atoms with van der Waals surface area (Å²) in [6.45, 7) is 4.29. The van der Waals surface area contributed by atoms with Gasteiger partial charge < -0.3 is 9.84 Å².